The summed E-state index contributed by atoms with van der Waals surface area (Å²) in [5, 5.41) is 0.0470. The number of fused-ring (bicyclic) bond motifs is 2. The number of esters is 1. The number of phosphoric ester groups is 1. The van der Waals surface area contributed by atoms with Gasteiger partial charge in [0.15, 0.2) is 23.1 Å². The van der Waals surface area contributed by atoms with Gasteiger partial charge in [0.25, 0.3) is 0 Å². The number of hydrogen-bond donors (Lipinski definition) is 1. The van der Waals surface area contributed by atoms with Crippen molar-refractivity contribution in [3.05, 3.63) is 16.8 Å². The second-order valence-corrected chi connectivity index (χ2v) is 8.29. The fraction of sp³-hybridized carbons (Fsp3) is 0.571. The van der Waals surface area contributed by atoms with Crippen LogP contribution in [0.3, 0.4) is 0 Å². The van der Waals surface area contributed by atoms with E-state index in [1.54, 1.807) is 0 Å². The molecule has 2 fully saturated rings. The highest BCUT2D eigenvalue weighted by Crippen LogP contribution is 2.53. The van der Waals surface area contributed by atoms with Crippen LogP contribution in [0.15, 0.2) is 6.33 Å². The first-order valence-corrected chi connectivity index (χ1v) is 10.6. The highest BCUT2D eigenvalue weighted by molar-refractivity contribution is 7.47. The van der Waals surface area contributed by atoms with Crippen LogP contribution in [0.25, 0.3) is 11.2 Å². The van der Waals surface area contributed by atoms with E-state index in [1.807, 2.05) is 6.92 Å². The second-order valence-electron chi connectivity index (χ2n) is 6.19. The molecular formula is C14H15Cl2N4O7P. The summed E-state index contributed by atoms with van der Waals surface area (Å²) < 4.78 is 34.6. The van der Waals surface area contributed by atoms with Crippen molar-refractivity contribution in [2.45, 2.75) is 44.3 Å². The summed E-state index contributed by atoms with van der Waals surface area (Å²) in [6, 6.07) is 0. The van der Waals surface area contributed by atoms with Gasteiger partial charge in [-0.1, -0.05) is 18.5 Å². The van der Waals surface area contributed by atoms with E-state index in [0.29, 0.717) is 6.42 Å². The molecule has 0 spiro atoms. The maximum absolute atomic E-state index is 12.2. The molecule has 4 rings (SSSR count). The zero-order valence-electron chi connectivity index (χ0n) is 14.4. The Hall–Kier alpha value is -1.33. The molecule has 2 saturated heterocycles. The molecular weight excluding hydrogens is 438 g/mol. The fourth-order valence-electron chi connectivity index (χ4n) is 3.15. The quantitative estimate of drug-likeness (QED) is 0.318. The van der Waals surface area contributed by atoms with Gasteiger partial charge in [0.05, 0.1) is 6.61 Å². The summed E-state index contributed by atoms with van der Waals surface area (Å²) in [5.74, 6) is -0.516. The Bertz CT molecular complexity index is 973. The molecule has 11 nitrogen and oxygen atoms in total. The highest BCUT2D eigenvalue weighted by Gasteiger charge is 2.55. The van der Waals surface area contributed by atoms with Gasteiger partial charge in [0.2, 0.25) is 5.28 Å². The minimum atomic E-state index is -4.30. The largest absolute Gasteiger partial charge is 0.472 e. The number of carbonyl (C=O) groups excluding carboxylic acids is 1. The van der Waals surface area contributed by atoms with Crippen LogP contribution in [-0.2, 0) is 27.9 Å². The van der Waals surface area contributed by atoms with Gasteiger partial charge in [-0.3, -0.25) is 18.4 Å². The van der Waals surface area contributed by atoms with Crippen molar-refractivity contribution in [1.29, 1.82) is 0 Å². The van der Waals surface area contributed by atoms with Crippen molar-refractivity contribution in [3.8, 4) is 0 Å². The van der Waals surface area contributed by atoms with Crippen LogP contribution >= 0.6 is 31.0 Å². The summed E-state index contributed by atoms with van der Waals surface area (Å²) in [5.41, 5.74) is 0.481. The molecule has 2 aromatic heterocycles. The van der Waals surface area contributed by atoms with Gasteiger partial charge in [-0.25, -0.2) is 19.5 Å². The van der Waals surface area contributed by atoms with Crippen LogP contribution < -0.4 is 0 Å². The van der Waals surface area contributed by atoms with E-state index in [2.05, 4.69) is 15.0 Å². The van der Waals surface area contributed by atoms with Gasteiger partial charge in [-0.05, 0) is 18.0 Å². The standard InChI is InChI=1S/C14H15Cl2N4O7P/c1-2-3-7(21)26-10-9-6(4-24-28(22,23)27-9)25-13(10)20-12-8(19-14(20)16)11(15)17-5-18-12/h5-6,9-10,13H,2-4H2,1H3,(H,22,23)/t6-,9-,10-,13-/m1/s1. The number of imidazole rings is 1. The van der Waals surface area contributed by atoms with E-state index in [9.17, 15) is 14.3 Å². The number of rotatable bonds is 4. The SMILES string of the molecule is CCCC(=O)O[C@@H]1[C@@H]2OP(=O)(O)OC[C@H]2O[C@H]1n1c(Cl)nc2c(Cl)ncnc21. The van der Waals surface area contributed by atoms with E-state index >= 15 is 0 Å². The molecule has 0 saturated carbocycles. The minimum absolute atomic E-state index is 0.0364. The van der Waals surface area contributed by atoms with Gasteiger partial charge < -0.3 is 14.4 Å². The molecule has 152 valence electrons. The molecule has 2 aliphatic rings. The van der Waals surface area contributed by atoms with Crippen molar-refractivity contribution in [2.75, 3.05) is 6.61 Å². The topological polar surface area (TPSA) is 135 Å². The van der Waals surface area contributed by atoms with Crippen molar-refractivity contribution >= 4 is 48.2 Å². The lowest BCUT2D eigenvalue weighted by molar-refractivity contribution is -0.158. The first-order chi connectivity index (χ1) is 13.3. The molecule has 2 aromatic rings. The molecule has 4 heterocycles. The van der Waals surface area contributed by atoms with Crippen molar-refractivity contribution in [2.24, 2.45) is 0 Å². The summed E-state index contributed by atoms with van der Waals surface area (Å²) in [7, 11) is -4.30. The van der Waals surface area contributed by atoms with E-state index in [-0.39, 0.29) is 34.6 Å². The van der Waals surface area contributed by atoms with Crippen molar-refractivity contribution in [3.63, 3.8) is 0 Å². The zero-order valence-corrected chi connectivity index (χ0v) is 16.8. The molecule has 2 aliphatic heterocycles. The Kier molecular flexibility index (Phi) is 5.34. The first-order valence-electron chi connectivity index (χ1n) is 8.35. The van der Waals surface area contributed by atoms with Crippen molar-refractivity contribution < 1.29 is 32.8 Å². The van der Waals surface area contributed by atoms with Gasteiger partial charge in [0, 0.05) is 6.42 Å². The molecule has 5 atom stereocenters. The smallest absolute Gasteiger partial charge is 0.455 e. The Morgan fingerprint density at radius 3 is 3.00 bits per heavy atom. The summed E-state index contributed by atoms with van der Waals surface area (Å²) in [6.07, 6.45) is -1.99. The Balaban J connectivity index is 1.76. The molecule has 1 N–H and O–H groups in total. The highest BCUT2D eigenvalue weighted by atomic mass is 35.5. The van der Waals surface area contributed by atoms with Crippen LogP contribution in [0.4, 0.5) is 0 Å². The third kappa shape index (κ3) is 3.52. The molecule has 0 amide bonds. The molecule has 14 heteroatoms. The van der Waals surface area contributed by atoms with Gasteiger partial charge in [0.1, 0.15) is 24.1 Å². The van der Waals surface area contributed by atoms with Crippen LogP contribution in [-0.4, -0.2) is 55.3 Å². The predicted molar refractivity (Wildman–Crippen MR) is 94.7 cm³/mol. The third-order valence-corrected chi connectivity index (χ3v) is 5.84. The molecule has 28 heavy (non-hydrogen) atoms. The van der Waals surface area contributed by atoms with E-state index < -0.39 is 38.3 Å². The van der Waals surface area contributed by atoms with E-state index in [4.69, 9.17) is 41.7 Å². The lowest BCUT2D eigenvalue weighted by Gasteiger charge is -2.29. The summed E-state index contributed by atoms with van der Waals surface area (Å²) >= 11 is 12.3. The molecule has 1 unspecified atom stereocenters. The van der Waals surface area contributed by atoms with Crippen LogP contribution in [0, 0.1) is 0 Å². The van der Waals surface area contributed by atoms with Crippen molar-refractivity contribution in [1.82, 2.24) is 19.5 Å². The maximum atomic E-state index is 12.2. The van der Waals surface area contributed by atoms with E-state index in [1.165, 1.54) is 10.9 Å². The molecule has 0 aliphatic carbocycles. The molecule has 0 radical (unpaired) electrons. The number of halogens is 2. The van der Waals surface area contributed by atoms with Crippen LogP contribution in [0.1, 0.15) is 26.0 Å². The number of aromatic nitrogens is 4. The monoisotopic (exact) mass is 452 g/mol. The molecule has 0 bridgehead atoms. The minimum Gasteiger partial charge on any atom is -0.455 e. The first kappa shape index (κ1) is 20.0. The number of ether oxygens (including phenoxy) is 2. The van der Waals surface area contributed by atoms with E-state index in [0.717, 1.165) is 0 Å². The maximum Gasteiger partial charge on any atom is 0.472 e. The third-order valence-electron chi connectivity index (χ3n) is 4.31. The Morgan fingerprint density at radius 2 is 2.25 bits per heavy atom. The average Bonchev–Trinajstić information content (AvgIpc) is 3.12. The summed E-state index contributed by atoms with van der Waals surface area (Å²) in [6.45, 7) is 1.59. The van der Waals surface area contributed by atoms with Gasteiger partial charge in [-0.15, -0.1) is 0 Å². The Morgan fingerprint density at radius 1 is 1.46 bits per heavy atom. The lowest BCUT2D eigenvalue weighted by atomic mass is 10.1. The Labute approximate surface area is 168 Å². The molecule has 0 aromatic carbocycles. The summed E-state index contributed by atoms with van der Waals surface area (Å²) in [4.78, 5) is 33.9. The second kappa shape index (κ2) is 7.49. The predicted octanol–water partition coefficient (Wildman–Crippen LogP) is 2.26. The average molecular weight is 453 g/mol. The number of nitrogens with zero attached hydrogens (tertiary/aromatic N) is 4. The number of hydrogen-bond acceptors (Lipinski definition) is 9. The fourth-order valence-corrected chi connectivity index (χ4v) is 4.54. The zero-order chi connectivity index (χ0) is 20.1. The van der Waals surface area contributed by atoms with Crippen LogP contribution in [0.5, 0.6) is 0 Å². The van der Waals surface area contributed by atoms with Crippen LogP contribution in [0.2, 0.25) is 10.4 Å². The lowest BCUT2D eigenvalue weighted by Crippen LogP contribution is -2.41. The number of phosphoric acid groups is 1. The number of carbonyl (C=O) groups is 1. The van der Waals surface area contributed by atoms with Gasteiger partial charge in [-0.2, -0.15) is 0 Å². The van der Waals surface area contributed by atoms with Gasteiger partial charge >= 0.3 is 13.8 Å². The normalized spacial score (nSPS) is 32.4.